The molecule has 1 aromatic carbocycles. The number of nitrogens with zero attached hydrogens (tertiary/aromatic N) is 2. The Hall–Kier alpha value is -2.08. The van der Waals surface area contributed by atoms with E-state index in [2.05, 4.69) is 10.1 Å². The Kier molecular flexibility index (Phi) is 3.08. The Bertz CT molecular complexity index is 576. The molecule has 1 saturated heterocycles. The van der Waals surface area contributed by atoms with Gasteiger partial charge >= 0.3 is 0 Å². The van der Waals surface area contributed by atoms with E-state index in [0.29, 0.717) is 29.4 Å². The summed E-state index contributed by atoms with van der Waals surface area (Å²) in [5.74, 6) is 1.01. The molecule has 2 heterocycles. The molecule has 100 valence electrons. The van der Waals surface area contributed by atoms with Gasteiger partial charge in [-0.25, -0.2) is 0 Å². The topological polar surface area (TPSA) is 94.4 Å². The zero-order valence-electron chi connectivity index (χ0n) is 10.4. The van der Waals surface area contributed by atoms with Gasteiger partial charge in [-0.2, -0.15) is 4.98 Å². The van der Waals surface area contributed by atoms with Crippen LogP contribution in [0.3, 0.4) is 0 Å². The summed E-state index contributed by atoms with van der Waals surface area (Å²) in [6.45, 7) is 0.807. The maximum absolute atomic E-state index is 9.56. The van der Waals surface area contributed by atoms with Crippen molar-refractivity contribution in [3.8, 4) is 17.2 Å². The molecule has 1 atom stereocenters. The van der Waals surface area contributed by atoms with Crippen molar-refractivity contribution >= 4 is 5.69 Å². The molecule has 1 aliphatic heterocycles. The Balaban J connectivity index is 1.78. The first-order valence-corrected chi connectivity index (χ1v) is 6.25. The van der Waals surface area contributed by atoms with Gasteiger partial charge in [-0.3, -0.25) is 0 Å². The van der Waals surface area contributed by atoms with E-state index >= 15 is 0 Å². The quantitative estimate of drug-likeness (QED) is 0.645. The number of hydrogen-bond donors (Lipinski definition) is 2. The largest absolute Gasteiger partial charge is 0.506 e. The normalized spacial score (nSPS) is 18.8. The molecule has 3 rings (SSSR count). The second-order valence-electron chi connectivity index (χ2n) is 4.63. The summed E-state index contributed by atoms with van der Waals surface area (Å²) < 4.78 is 10.7. The lowest BCUT2D eigenvalue weighted by Gasteiger charge is -2.03. The van der Waals surface area contributed by atoms with Gasteiger partial charge in [0.2, 0.25) is 0 Å². The van der Waals surface area contributed by atoms with Crippen molar-refractivity contribution in [1.29, 1.82) is 0 Å². The van der Waals surface area contributed by atoms with Crippen LogP contribution in [0, 0.1) is 0 Å². The van der Waals surface area contributed by atoms with Crippen LogP contribution in [-0.4, -0.2) is 28.0 Å². The van der Waals surface area contributed by atoms with Crippen molar-refractivity contribution in [2.45, 2.75) is 25.4 Å². The molecule has 6 heteroatoms. The minimum atomic E-state index is 0.0105. The highest BCUT2D eigenvalue weighted by Crippen LogP contribution is 2.27. The average molecular weight is 261 g/mol. The number of nitrogen functional groups attached to an aromatic ring is 1. The molecule has 1 fully saturated rings. The molecular weight excluding hydrogens is 246 g/mol. The summed E-state index contributed by atoms with van der Waals surface area (Å²) in [6.07, 6.45) is 2.96. The van der Waals surface area contributed by atoms with Crippen LogP contribution in [-0.2, 0) is 11.2 Å². The molecule has 1 aliphatic rings. The van der Waals surface area contributed by atoms with Gasteiger partial charge in [0.1, 0.15) is 5.75 Å². The molecule has 0 aliphatic carbocycles. The first kappa shape index (κ1) is 12.0. The highest BCUT2D eigenvalue weighted by atomic mass is 16.5. The summed E-state index contributed by atoms with van der Waals surface area (Å²) in [6, 6.07) is 4.85. The number of aromatic hydroxyl groups is 1. The molecule has 0 bridgehead atoms. The SMILES string of the molecule is Nc1ccc(-c2nc(CC3CCCO3)no2)cc1O. The van der Waals surface area contributed by atoms with Crippen molar-refractivity contribution in [3.63, 3.8) is 0 Å². The number of phenols is 1. The van der Waals surface area contributed by atoms with Crippen LogP contribution in [0.5, 0.6) is 5.75 Å². The summed E-state index contributed by atoms with van der Waals surface area (Å²) in [5.41, 5.74) is 6.52. The van der Waals surface area contributed by atoms with Gasteiger partial charge in [0.25, 0.3) is 5.89 Å². The zero-order chi connectivity index (χ0) is 13.2. The van der Waals surface area contributed by atoms with E-state index in [4.69, 9.17) is 15.0 Å². The van der Waals surface area contributed by atoms with Gasteiger partial charge < -0.3 is 20.1 Å². The van der Waals surface area contributed by atoms with Crippen LogP contribution in [0.15, 0.2) is 22.7 Å². The fourth-order valence-electron chi connectivity index (χ4n) is 2.14. The Labute approximate surface area is 110 Å². The summed E-state index contributed by atoms with van der Waals surface area (Å²) in [5, 5.41) is 13.5. The van der Waals surface area contributed by atoms with Gasteiger partial charge in [-0.1, -0.05) is 5.16 Å². The zero-order valence-corrected chi connectivity index (χ0v) is 10.4. The van der Waals surface area contributed by atoms with Gasteiger partial charge in [-0.05, 0) is 31.0 Å². The molecule has 2 aromatic rings. The summed E-state index contributed by atoms with van der Waals surface area (Å²) in [4.78, 5) is 4.31. The number of hydrogen-bond acceptors (Lipinski definition) is 6. The second-order valence-corrected chi connectivity index (χ2v) is 4.63. The van der Waals surface area contributed by atoms with Crippen molar-refractivity contribution in [2.24, 2.45) is 0 Å². The maximum atomic E-state index is 9.56. The maximum Gasteiger partial charge on any atom is 0.258 e. The van der Waals surface area contributed by atoms with Crippen LogP contribution in [0.2, 0.25) is 0 Å². The van der Waals surface area contributed by atoms with Crippen LogP contribution >= 0.6 is 0 Å². The number of nitrogens with two attached hydrogens (primary N) is 1. The van der Waals surface area contributed by atoms with Gasteiger partial charge in [0.05, 0.1) is 11.8 Å². The highest BCUT2D eigenvalue weighted by Gasteiger charge is 2.19. The summed E-state index contributed by atoms with van der Waals surface area (Å²) in [7, 11) is 0. The molecule has 3 N–H and O–H groups in total. The van der Waals surface area contributed by atoms with E-state index in [1.54, 1.807) is 12.1 Å². The highest BCUT2D eigenvalue weighted by molar-refractivity contribution is 5.63. The smallest absolute Gasteiger partial charge is 0.258 e. The monoisotopic (exact) mass is 261 g/mol. The Morgan fingerprint density at radius 3 is 3.05 bits per heavy atom. The number of aromatic nitrogens is 2. The fraction of sp³-hybridized carbons (Fsp3) is 0.385. The van der Waals surface area contributed by atoms with Crippen molar-refractivity contribution in [2.75, 3.05) is 12.3 Å². The molecule has 1 unspecified atom stereocenters. The van der Waals surface area contributed by atoms with Gasteiger partial charge in [0, 0.05) is 18.6 Å². The minimum absolute atomic E-state index is 0.0105. The molecular formula is C13H15N3O3. The Morgan fingerprint density at radius 1 is 1.42 bits per heavy atom. The standard InChI is InChI=1S/C13H15N3O3/c14-10-4-3-8(6-11(10)17)13-15-12(16-19-13)7-9-2-1-5-18-9/h3-4,6,9,17H,1-2,5,7,14H2. The van der Waals surface area contributed by atoms with Crippen molar-refractivity contribution in [3.05, 3.63) is 24.0 Å². The Morgan fingerprint density at radius 2 is 2.32 bits per heavy atom. The van der Waals surface area contributed by atoms with E-state index < -0.39 is 0 Å². The van der Waals surface area contributed by atoms with Crippen LogP contribution < -0.4 is 5.73 Å². The molecule has 1 aromatic heterocycles. The summed E-state index contributed by atoms with van der Waals surface area (Å²) >= 11 is 0. The molecule has 0 amide bonds. The molecule has 0 spiro atoms. The van der Waals surface area contributed by atoms with Crippen LogP contribution in [0.4, 0.5) is 5.69 Å². The third-order valence-electron chi connectivity index (χ3n) is 3.18. The fourth-order valence-corrected chi connectivity index (χ4v) is 2.14. The third kappa shape index (κ3) is 2.53. The number of ether oxygens (including phenoxy) is 1. The lowest BCUT2D eigenvalue weighted by atomic mass is 10.1. The first-order valence-electron chi connectivity index (χ1n) is 6.25. The third-order valence-corrected chi connectivity index (χ3v) is 3.18. The molecule has 19 heavy (non-hydrogen) atoms. The second kappa shape index (κ2) is 4.89. The van der Waals surface area contributed by atoms with E-state index in [1.165, 1.54) is 6.07 Å². The number of phenolic OH excluding ortho intramolecular Hbond substituents is 1. The average Bonchev–Trinajstić information content (AvgIpc) is 3.05. The van der Waals surface area contributed by atoms with Crippen LogP contribution in [0.1, 0.15) is 18.7 Å². The molecule has 0 saturated carbocycles. The van der Waals surface area contributed by atoms with Gasteiger partial charge in [0.15, 0.2) is 5.82 Å². The van der Waals surface area contributed by atoms with Gasteiger partial charge in [-0.15, -0.1) is 0 Å². The predicted octanol–water partition coefficient (Wildman–Crippen LogP) is 1.75. The lowest BCUT2D eigenvalue weighted by molar-refractivity contribution is 0.109. The molecule has 6 nitrogen and oxygen atoms in total. The van der Waals surface area contributed by atoms with Crippen molar-refractivity contribution < 1.29 is 14.4 Å². The minimum Gasteiger partial charge on any atom is -0.506 e. The number of benzene rings is 1. The van der Waals surface area contributed by atoms with Crippen molar-refractivity contribution in [1.82, 2.24) is 10.1 Å². The van der Waals surface area contributed by atoms with E-state index in [-0.39, 0.29) is 11.9 Å². The molecule has 0 radical (unpaired) electrons. The lowest BCUT2D eigenvalue weighted by Crippen LogP contribution is -2.09. The van der Waals surface area contributed by atoms with Crippen LogP contribution in [0.25, 0.3) is 11.5 Å². The number of anilines is 1. The van der Waals surface area contributed by atoms with E-state index in [0.717, 1.165) is 19.4 Å². The first-order chi connectivity index (χ1) is 9.22. The number of rotatable bonds is 3. The van der Waals surface area contributed by atoms with E-state index in [1.807, 2.05) is 0 Å². The predicted molar refractivity (Wildman–Crippen MR) is 68.5 cm³/mol. The van der Waals surface area contributed by atoms with E-state index in [9.17, 15) is 5.11 Å².